The van der Waals surface area contributed by atoms with Crippen molar-refractivity contribution in [2.24, 2.45) is 5.10 Å². The number of aromatic nitrogens is 1. The number of furan rings is 1. The van der Waals surface area contributed by atoms with Gasteiger partial charge in [-0.3, -0.25) is 14.6 Å². The van der Waals surface area contributed by atoms with Gasteiger partial charge in [-0.05, 0) is 36.4 Å². The Bertz CT molecular complexity index is 926. The van der Waals surface area contributed by atoms with Crippen molar-refractivity contribution < 1.29 is 14.0 Å². The van der Waals surface area contributed by atoms with Gasteiger partial charge >= 0.3 is 0 Å². The van der Waals surface area contributed by atoms with E-state index in [0.717, 1.165) is 5.69 Å². The Balaban J connectivity index is 1.45. The Kier molecular flexibility index (Phi) is 6.37. The van der Waals surface area contributed by atoms with E-state index in [9.17, 15) is 9.59 Å². The highest BCUT2D eigenvalue weighted by Gasteiger charge is 2.07. The summed E-state index contributed by atoms with van der Waals surface area (Å²) in [5.74, 6) is 0.225. The summed E-state index contributed by atoms with van der Waals surface area (Å²) in [6, 6.07) is 15.9. The topological polar surface area (TPSA) is 96.6 Å². The molecule has 2 heterocycles. The molecule has 0 unspecified atom stereocenters. The third-order valence-corrected chi connectivity index (χ3v) is 4.22. The van der Waals surface area contributed by atoms with E-state index < -0.39 is 0 Å². The van der Waals surface area contributed by atoms with E-state index in [4.69, 9.17) is 4.42 Å². The number of benzene rings is 1. The van der Waals surface area contributed by atoms with Crippen LogP contribution >= 0.6 is 11.8 Å². The lowest BCUT2D eigenvalue weighted by atomic mass is 10.3. The molecule has 136 valence electrons. The number of hydrazone groups is 1. The van der Waals surface area contributed by atoms with Crippen LogP contribution in [-0.4, -0.2) is 28.8 Å². The molecule has 1 aromatic carbocycles. The Morgan fingerprint density at radius 1 is 1.07 bits per heavy atom. The highest BCUT2D eigenvalue weighted by Crippen LogP contribution is 2.20. The molecule has 3 rings (SSSR count). The van der Waals surface area contributed by atoms with Crippen LogP contribution in [-0.2, 0) is 4.79 Å². The standard InChI is InChI=1S/C19H16N4O3S/c24-17(22-15-4-2-1-3-5-15)13-27-18-7-6-16(26-18)12-21-23-19(25)14-8-10-20-11-9-14/h1-12H,13H2,(H,22,24)(H,23,25). The zero-order chi connectivity index (χ0) is 18.9. The normalized spacial score (nSPS) is 10.7. The second-order valence-electron chi connectivity index (χ2n) is 5.29. The average Bonchev–Trinajstić information content (AvgIpc) is 3.15. The second kappa shape index (κ2) is 9.35. The highest BCUT2D eigenvalue weighted by atomic mass is 32.2. The number of para-hydroxylation sites is 1. The molecule has 3 aromatic rings. The van der Waals surface area contributed by atoms with E-state index in [2.05, 4.69) is 20.8 Å². The van der Waals surface area contributed by atoms with Gasteiger partial charge in [0.1, 0.15) is 5.76 Å². The molecule has 2 amide bonds. The fourth-order valence-corrected chi connectivity index (χ4v) is 2.72. The smallest absolute Gasteiger partial charge is 0.271 e. The van der Waals surface area contributed by atoms with Gasteiger partial charge < -0.3 is 9.73 Å². The van der Waals surface area contributed by atoms with Crippen LogP contribution in [0, 0.1) is 0 Å². The lowest BCUT2D eigenvalue weighted by Crippen LogP contribution is -2.17. The summed E-state index contributed by atoms with van der Waals surface area (Å²) in [6.45, 7) is 0. The quantitative estimate of drug-likeness (QED) is 0.373. The fourth-order valence-electron chi connectivity index (χ4n) is 2.06. The van der Waals surface area contributed by atoms with E-state index in [1.807, 2.05) is 30.3 Å². The molecule has 0 aliphatic carbocycles. The van der Waals surface area contributed by atoms with Gasteiger partial charge in [0.05, 0.1) is 12.0 Å². The first-order chi connectivity index (χ1) is 13.2. The van der Waals surface area contributed by atoms with E-state index in [0.29, 0.717) is 16.4 Å². The largest absolute Gasteiger partial charge is 0.449 e. The van der Waals surface area contributed by atoms with Crippen molar-refractivity contribution in [1.82, 2.24) is 10.4 Å². The molecule has 0 aliphatic heterocycles. The zero-order valence-corrected chi connectivity index (χ0v) is 15.0. The van der Waals surface area contributed by atoms with Gasteiger partial charge in [-0.25, -0.2) is 5.43 Å². The summed E-state index contributed by atoms with van der Waals surface area (Å²) in [4.78, 5) is 27.6. The van der Waals surface area contributed by atoms with Crippen molar-refractivity contribution in [3.05, 3.63) is 78.3 Å². The van der Waals surface area contributed by atoms with Gasteiger partial charge in [0.25, 0.3) is 5.91 Å². The predicted octanol–water partition coefficient (Wildman–Crippen LogP) is 3.17. The maximum absolute atomic E-state index is 11.9. The number of carbonyl (C=O) groups excluding carboxylic acids is 2. The van der Waals surface area contributed by atoms with Crippen molar-refractivity contribution in [2.45, 2.75) is 5.09 Å². The minimum atomic E-state index is -0.340. The molecule has 0 spiro atoms. The Morgan fingerprint density at radius 3 is 2.63 bits per heavy atom. The number of carbonyl (C=O) groups is 2. The van der Waals surface area contributed by atoms with Gasteiger partial charge in [0, 0.05) is 23.6 Å². The average molecular weight is 380 g/mol. The summed E-state index contributed by atoms with van der Waals surface area (Å²) in [5.41, 5.74) is 3.62. The van der Waals surface area contributed by atoms with E-state index in [-0.39, 0.29) is 17.6 Å². The number of nitrogens with zero attached hydrogens (tertiary/aromatic N) is 2. The first kappa shape index (κ1) is 18.4. The lowest BCUT2D eigenvalue weighted by Gasteiger charge is -2.03. The summed E-state index contributed by atoms with van der Waals surface area (Å²) >= 11 is 1.27. The minimum absolute atomic E-state index is 0.123. The molecule has 0 radical (unpaired) electrons. The molecular formula is C19H16N4O3S. The van der Waals surface area contributed by atoms with Gasteiger partial charge in [0.2, 0.25) is 5.91 Å². The maximum atomic E-state index is 11.9. The molecule has 8 heteroatoms. The van der Waals surface area contributed by atoms with Crippen LogP contribution in [0.25, 0.3) is 0 Å². The van der Waals surface area contributed by atoms with E-state index >= 15 is 0 Å². The molecular weight excluding hydrogens is 364 g/mol. The highest BCUT2D eigenvalue weighted by molar-refractivity contribution is 7.99. The zero-order valence-electron chi connectivity index (χ0n) is 14.2. The number of thioether (sulfide) groups is 1. The van der Waals surface area contributed by atoms with Crippen LogP contribution < -0.4 is 10.7 Å². The number of nitrogens with one attached hydrogen (secondary N) is 2. The molecule has 0 fully saturated rings. The van der Waals surface area contributed by atoms with Crippen molar-refractivity contribution >= 4 is 35.5 Å². The summed E-state index contributed by atoms with van der Waals surface area (Å²) in [7, 11) is 0. The second-order valence-corrected chi connectivity index (χ2v) is 6.27. The Hall–Kier alpha value is -3.39. The number of amides is 2. The molecule has 2 aromatic heterocycles. The molecule has 7 nitrogen and oxygen atoms in total. The third-order valence-electron chi connectivity index (χ3n) is 3.31. The Morgan fingerprint density at radius 2 is 1.85 bits per heavy atom. The Labute approximate surface area is 159 Å². The first-order valence-corrected chi connectivity index (χ1v) is 9.00. The van der Waals surface area contributed by atoms with Crippen LogP contribution in [0.4, 0.5) is 5.69 Å². The molecule has 27 heavy (non-hydrogen) atoms. The minimum Gasteiger partial charge on any atom is -0.449 e. The summed E-state index contributed by atoms with van der Waals surface area (Å²) in [5, 5.41) is 7.24. The first-order valence-electron chi connectivity index (χ1n) is 8.02. The van der Waals surface area contributed by atoms with Crippen LogP contribution in [0.1, 0.15) is 16.1 Å². The van der Waals surface area contributed by atoms with Crippen LogP contribution in [0.2, 0.25) is 0 Å². The van der Waals surface area contributed by atoms with Crippen LogP contribution in [0.3, 0.4) is 0 Å². The van der Waals surface area contributed by atoms with Gasteiger partial charge in [-0.2, -0.15) is 5.10 Å². The van der Waals surface area contributed by atoms with Crippen LogP contribution in [0.15, 0.2) is 81.6 Å². The van der Waals surface area contributed by atoms with E-state index in [1.54, 1.807) is 24.3 Å². The molecule has 0 saturated carbocycles. The van der Waals surface area contributed by atoms with Gasteiger partial charge in [0.15, 0.2) is 5.09 Å². The van der Waals surface area contributed by atoms with E-state index in [1.165, 1.54) is 30.4 Å². The molecule has 0 bridgehead atoms. The monoisotopic (exact) mass is 380 g/mol. The molecule has 0 aliphatic rings. The number of anilines is 1. The third kappa shape index (κ3) is 5.82. The lowest BCUT2D eigenvalue weighted by molar-refractivity contribution is -0.113. The van der Waals surface area contributed by atoms with Gasteiger partial charge in [-0.15, -0.1) is 0 Å². The van der Waals surface area contributed by atoms with Crippen molar-refractivity contribution in [1.29, 1.82) is 0 Å². The SMILES string of the molecule is O=C(CSc1ccc(C=NNC(=O)c2ccncc2)o1)Nc1ccccc1. The number of hydrogen-bond acceptors (Lipinski definition) is 6. The fraction of sp³-hybridized carbons (Fsp3) is 0.0526. The number of rotatable bonds is 7. The van der Waals surface area contributed by atoms with Gasteiger partial charge in [-0.1, -0.05) is 30.0 Å². The van der Waals surface area contributed by atoms with Crippen LogP contribution in [0.5, 0.6) is 0 Å². The summed E-state index contributed by atoms with van der Waals surface area (Å²) in [6.07, 6.45) is 4.46. The molecule has 0 saturated heterocycles. The molecule has 0 atom stereocenters. The maximum Gasteiger partial charge on any atom is 0.271 e. The summed E-state index contributed by atoms with van der Waals surface area (Å²) < 4.78 is 5.54. The van der Waals surface area contributed by atoms with Crippen molar-refractivity contribution in [3.8, 4) is 0 Å². The predicted molar refractivity (Wildman–Crippen MR) is 104 cm³/mol. The van der Waals surface area contributed by atoms with Crippen molar-refractivity contribution in [2.75, 3.05) is 11.1 Å². The van der Waals surface area contributed by atoms with Crippen molar-refractivity contribution in [3.63, 3.8) is 0 Å². The number of pyridine rings is 1. The number of hydrogen-bond donors (Lipinski definition) is 2. The molecule has 2 N–H and O–H groups in total.